The van der Waals surface area contributed by atoms with Crippen LogP contribution in [0.15, 0.2) is 64.1 Å². The summed E-state index contributed by atoms with van der Waals surface area (Å²) in [7, 11) is 1.97. The summed E-state index contributed by atoms with van der Waals surface area (Å²) in [6.45, 7) is 0. The summed E-state index contributed by atoms with van der Waals surface area (Å²) < 4.78 is 7.82. The van der Waals surface area contributed by atoms with Crippen LogP contribution in [0.3, 0.4) is 0 Å². The molecule has 1 aromatic carbocycles. The van der Waals surface area contributed by atoms with E-state index in [2.05, 4.69) is 4.98 Å². The predicted molar refractivity (Wildman–Crippen MR) is 82.2 cm³/mol. The molecule has 3 aromatic heterocycles. The van der Waals surface area contributed by atoms with Crippen LogP contribution < -0.4 is 5.43 Å². The summed E-state index contributed by atoms with van der Waals surface area (Å²) in [5.41, 5.74) is 2.23. The normalized spacial score (nSPS) is 11.3. The number of benzene rings is 1. The van der Waals surface area contributed by atoms with Crippen LogP contribution in [-0.2, 0) is 7.05 Å². The number of pyridine rings is 1. The van der Waals surface area contributed by atoms with Crippen LogP contribution in [0.1, 0.15) is 0 Å². The van der Waals surface area contributed by atoms with Gasteiger partial charge in [0.25, 0.3) is 0 Å². The van der Waals surface area contributed by atoms with Crippen molar-refractivity contribution >= 4 is 21.9 Å². The lowest BCUT2D eigenvalue weighted by molar-refractivity contribution is 0.616. The Kier molecular flexibility index (Phi) is 2.44. The Morgan fingerprint density at radius 3 is 2.90 bits per heavy atom. The van der Waals surface area contributed by atoms with Gasteiger partial charge in [-0.2, -0.15) is 0 Å². The van der Waals surface area contributed by atoms with E-state index in [1.54, 1.807) is 18.3 Å². The first-order valence-electron chi connectivity index (χ1n) is 6.67. The molecule has 0 unspecified atom stereocenters. The van der Waals surface area contributed by atoms with Gasteiger partial charge in [-0.15, -0.1) is 0 Å². The fourth-order valence-electron chi connectivity index (χ4n) is 2.53. The van der Waals surface area contributed by atoms with Crippen LogP contribution in [0.25, 0.3) is 33.3 Å². The molecule has 3 heterocycles. The van der Waals surface area contributed by atoms with Gasteiger partial charge in [0.15, 0.2) is 11.2 Å². The highest BCUT2D eigenvalue weighted by atomic mass is 16.3. The second-order valence-electron chi connectivity index (χ2n) is 5.03. The van der Waals surface area contributed by atoms with Gasteiger partial charge in [-0.3, -0.25) is 9.78 Å². The molecular weight excluding hydrogens is 264 g/mol. The van der Waals surface area contributed by atoms with Gasteiger partial charge in [0, 0.05) is 24.7 Å². The molecule has 4 aromatic rings. The highest BCUT2D eigenvalue weighted by molar-refractivity contribution is 5.83. The number of nitrogens with zero attached hydrogens (tertiary/aromatic N) is 2. The molecule has 0 aliphatic heterocycles. The SMILES string of the molecule is Cn1ccc2cc(-c3cc(=O)c4ccccc4o3)ncc21. The lowest BCUT2D eigenvalue weighted by atomic mass is 10.2. The zero-order valence-corrected chi connectivity index (χ0v) is 11.4. The van der Waals surface area contributed by atoms with Gasteiger partial charge >= 0.3 is 0 Å². The van der Waals surface area contributed by atoms with Crippen molar-refractivity contribution in [2.24, 2.45) is 7.05 Å². The second-order valence-corrected chi connectivity index (χ2v) is 5.03. The van der Waals surface area contributed by atoms with Crippen molar-refractivity contribution in [3.8, 4) is 11.5 Å². The Labute approximate surface area is 120 Å². The summed E-state index contributed by atoms with van der Waals surface area (Å²) >= 11 is 0. The molecule has 4 nitrogen and oxygen atoms in total. The molecular formula is C17H12N2O2. The summed E-state index contributed by atoms with van der Waals surface area (Å²) in [6.07, 6.45) is 3.77. The van der Waals surface area contributed by atoms with Gasteiger partial charge in [0.1, 0.15) is 11.3 Å². The van der Waals surface area contributed by atoms with Gasteiger partial charge in [-0.05, 0) is 24.3 Å². The quantitative estimate of drug-likeness (QED) is 0.535. The van der Waals surface area contributed by atoms with E-state index in [0.29, 0.717) is 22.4 Å². The van der Waals surface area contributed by atoms with Crippen LogP contribution in [0.2, 0.25) is 0 Å². The Balaban J connectivity index is 1.97. The van der Waals surface area contributed by atoms with E-state index in [1.807, 2.05) is 42.1 Å². The van der Waals surface area contributed by atoms with Crippen molar-refractivity contribution < 1.29 is 4.42 Å². The Morgan fingerprint density at radius 2 is 2.00 bits per heavy atom. The molecule has 0 aliphatic rings. The maximum Gasteiger partial charge on any atom is 0.193 e. The van der Waals surface area contributed by atoms with Crippen molar-refractivity contribution in [1.29, 1.82) is 0 Å². The molecule has 0 amide bonds. The maximum absolute atomic E-state index is 12.1. The highest BCUT2D eigenvalue weighted by Crippen LogP contribution is 2.23. The summed E-state index contributed by atoms with van der Waals surface area (Å²) in [6, 6.07) is 12.7. The average molecular weight is 276 g/mol. The molecule has 0 aliphatic carbocycles. The zero-order valence-electron chi connectivity index (χ0n) is 11.4. The van der Waals surface area contributed by atoms with E-state index in [-0.39, 0.29) is 5.43 Å². The molecule has 4 heteroatoms. The Bertz CT molecular complexity index is 1030. The number of para-hydroxylation sites is 1. The predicted octanol–water partition coefficient (Wildman–Crippen LogP) is 3.35. The first kappa shape index (κ1) is 11.9. The molecule has 0 radical (unpaired) electrons. The monoisotopic (exact) mass is 276 g/mol. The number of hydrogen-bond acceptors (Lipinski definition) is 3. The number of fused-ring (bicyclic) bond motifs is 2. The molecule has 4 rings (SSSR count). The van der Waals surface area contributed by atoms with Gasteiger partial charge in [-0.25, -0.2) is 0 Å². The molecule has 0 fully saturated rings. The van der Waals surface area contributed by atoms with E-state index in [4.69, 9.17) is 4.42 Å². The minimum atomic E-state index is -0.0539. The summed E-state index contributed by atoms with van der Waals surface area (Å²) in [5, 5.41) is 1.65. The van der Waals surface area contributed by atoms with Gasteiger partial charge in [0.2, 0.25) is 0 Å². The molecule has 102 valence electrons. The van der Waals surface area contributed by atoms with Gasteiger partial charge < -0.3 is 8.98 Å². The summed E-state index contributed by atoms with van der Waals surface area (Å²) in [5.74, 6) is 0.490. The standard InChI is InChI=1S/C17H12N2O2/c1-19-7-6-11-8-13(18-10-14(11)19)17-9-15(20)12-4-2-3-5-16(12)21-17/h2-10H,1H3. The van der Waals surface area contributed by atoms with E-state index in [1.165, 1.54) is 6.07 Å². The fourth-order valence-corrected chi connectivity index (χ4v) is 2.53. The van der Waals surface area contributed by atoms with Crippen LogP contribution in [0.4, 0.5) is 0 Å². The largest absolute Gasteiger partial charge is 0.454 e. The first-order valence-corrected chi connectivity index (χ1v) is 6.67. The van der Waals surface area contributed by atoms with Crippen molar-refractivity contribution in [3.63, 3.8) is 0 Å². The third-order valence-electron chi connectivity index (χ3n) is 3.66. The molecule has 0 saturated heterocycles. The highest BCUT2D eigenvalue weighted by Gasteiger charge is 2.09. The van der Waals surface area contributed by atoms with Crippen LogP contribution in [0, 0.1) is 0 Å². The maximum atomic E-state index is 12.1. The smallest absolute Gasteiger partial charge is 0.193 e. The first-order chi connectivity index (χ1) is 10.2. The third-order valence-corrected chi connectivity index (χ3v) is 3.66. The minimum Gasteiger partial charge on any atom is -0.454 e. The lowest BCUT2D eigenvalue weighted by Gasteiger charge is -2.03. The van der Waals surface area contributed by atoms with Crippen molar-refractivity contribution in [1.82, 2.24) is 9.55 Å². The average Bonchev–Trinajstić information content (AvgIpc) is 2.88. The molecule has 0 atom stereocenters. The number of hydrogen-bond donors (Lipinski definition) is 0. The third kappa shape index (κ3) is 1.84. The Morgan fingerprint density at radius 1 is 1.14 bits per heavy atom. The Hall–Kier alpha value is -2.88. The van der Waals surface area contributed by atoms with Gasteiger partial charge in [0.05, 0.1) is 17.1 Å². The number of rotatable bonds is 1. The van der Waals surface area contributed by atoms with Crippen LogP contribution in [-0.4, -0.2) is 9.55 Å². The van der Waals surface area contributed by atoms with Crippen molar-refractivity contribution in [2.75, 3.05) is 0 Å². The molecule has 0 bridgehead atoms. The summed E-state index contributed by atoms with van der Waals surface area (Å²) in [4.78, 5) is 16.6. The van der Waals surface area contributed by atoms with Crippen LogP contribution >= 0.6 is 0 Å². The van der Waals surface area contributed by atoms with Gasteiger partial charge in [-0.1, -0.05) is 12.1 Å². The molecule has 0 N–H and O–H groups in total. The fraction of sp³-hybridized carbons (Fsp3) is 0.0588. The number of aryl methyl sites for hydroxylation is 1. The lowest BCUT2D eigenvalue weighted by Crippen LogP contribution is -2.00. The second kappa shape index (κ2) is 4.31. The molecule has 0 spiro atoms. The van der Waals surface area contributed by atoms with Crippen molar-refractivity contribution in [2.45, 2.75) is 0 Å². The van der Waals surface area contributed by atoms with E-state index < -0.39 is 0 Å². The number of aromatic nitrogens is 2. The molecule has 21 heavy (non-hydrogen) atoms. The topological polar surface area (TPSA) is 48.0 Å². The minimum absolute atomic E-state index is 0.0539. The van der Waals surface area contributed by atoms with E-state index in [9.17, 15) is 4.79 Å². The zero-order chi connectivity index (χ0) is 14.4. The van der Waals surface area contributed by atoms with E-state index in [0.717, 1.165) is 10.9 Å². The molecule has 0 saturated carbocycles. The van der Waals surface area contributed by atoms with Crippen molar-refractivity contribution in [3.05, 3.63) is 65.1 Å². The van der Waals surface area contributed by atoms with E-state index >= 15 is 0 Å². The van der Waals surface area contributed by atoms with Crippen LogP contribution in [0.5, 0.6) is 0 Å².